The van der Waals surface area contributed by atoms with Gasteiger partial charge < -0.3 is 15.8 Å². The molecule has 0 aliphatic heterocycles. The van der Waals surface area contributed by atoms with Gasteiger partial charge in [0, 0.05) is 18.3 Å². The van der Waals surface area contributed by atoms with Gasteiger partial charge in [-0.1, -0.05) is 0 Å². The van der Waals surface area contributed by atoms with Crippen molar-refractivity contribution >= 4 is 11.4 Å². The molecule has 5 nitrogen and oxygen atoms in total. The minimum absolute atomic E-state index is 0.275. The summed E-state index contributed by atoms with van der Waals surface area (Å²) in [6, 6.07) is 4.56. The molecule has 0 aliphatic carbocycles. The van der Waals surface area contributed by atoms with Gasteiger partial charge in [0.1, 0.15) is 11.6 Å². The van der Waals surface area contributed by atoms with Gasteiger partial charge in [-0.05, 0) is 6.07 Å². The van der Waals surface area contributed by atoms with E-state index in [1.807, 2.05) is 0 Å². The lowest BCUT2D eigenvalue weighted by Gasteiger charge is -2.10. The molecule has 0 unspecified atom stereocenters. The van der Waals surface area contributed by atoms with E-state index in [0.717, 1.165) is 5.69 Å². The van der Waals surface area contributed by atoms with Crippen molar-refractivity contribution in [2.24, 2.45) is 0 Å². The highest BCUT2D eigenvalue weighted by atomic mass is 19.1. The number of H-pyrrole nitrogens is 1. The zero-order valence-corrected chi connectivity index (χ0v) is 9.33. The van der Waals surface area contributed by atoms with Crippen LogP contribution in [0.4, 0.5) is 15.8 Å². The molecule has 0 radical (unpaired) electrons. The van der Waals surface area contributed by atoms with Crippen molar-refractivity contribution in [2.45, 2.75) is 6.54 Å². The van der Waals surface area contributed by atoms with Gasteiger partial charge in [-0.15, -0.1) is 0 Å². The van der Waals surface area contributed by atoms with Crippen LogP contribution in [0.5, 0.6) is 5.75 Å². The van der Waals surface area contributed by atoms with Gasteiger partial charge in [0.25, 0.3) is 0 Å². The van der Waals surface area contributed by atoms with Crippen molar-refractivity contribution in [3.63, 3.8) is 0 Å². The van der Waals surface area contributed by atoms with E-state index < -0.39 is 5.82 Å². The predicted octanol–water partition coefficient (Wildman–Crippen LogP) is 1.75. The molecule has 0 saturated heterocycles. The summed E-state index contributed by atoms with van der Waals surface area (Å²) in [5.74, 6) is 0.0290. The molecule has 0 atom stereocenters. The molecule has 0 spiro atoms. The Morgan fingerprint density at radius 2 is 2.35 bits per heavy atom. The Morgan fingerprint density at radius 3 is 3.00 bits per heavy atom. The number of hydrogen-bond acceptors (Lipinski definition) is 4. The van der Waals surface area contributed by atoms with Crippen LogP contribution in [-0.4, -0.2) is 17.3 Å². The standard InChI is InChI=1S/C11H13FN4O/c1-17-11-5-10(8(12)4-9(11)13)14-6-7-2-3-15-16-7/h2-5,14H,6,13H2,1H3,(H,15,16). The van der Waals surface area contributed by atoms with Crippen molar-refractivity contribution in [3.05, 3.63) is 35.9 Å². The quantitative estimate of drug-likeness (QED) is 0.707. The number of anilines is 2. The van der Waals surface area contributed by atoms with E-state index in [2.05, 4.69) is 15.5 Å². The van der Waals surface area contributed by atoms with E-state index in [-0.39, 0.29) is 5.69 Å². The first-order valence-electron chi connectivity index (χ1n) is 5.06. The van der Waals surface area contributed by atoms with Crippen LogP contribution in [0.25, 0.3) is 0 Å². The molecule has 2 rings (SSSR count). The van der Waals surface area contributed by atoms with E-state index >= 15 is 0 Å². The molecule has 17 heavy (non-hydrogen) atoms. The van der Waals surface area contributed by atoms with E-state index in [9.17, 15) is 4.39 Å². The predicted molar refractivity (Wildman–Crippen MR) is 63.3 cm³/mol. The molecule has 4 N–H and O–H groups in total. The molecule has 0 aliphatic rings. The zero-order chi connectivity index (χ0) is 12.3. The molecule has 0 saturated carbocycles. The lowest BCUT2D eigenvalue weighted by atomic mass is 10.2. The van der Waals surface area contributed by atoms with E-state index in [0.29, 0.717) is 18.0 Å². The molecule has 1 aromatic carbocycles. The third kappa shape index (κ3) is 2.47. The van der Waals surface area contributed by atoms with E-state index in [1.165, 1.54) is 19.2 Å². The number of nitrogen functional groups attached to an aromatic ring is 1. The molecular weight excluding hydrogens is 223 g/mol. The van der Waals surface area contributed by atoms with E-state index in [1.54, 1.807) is 12.3 Å². The Kier molecular flexibility index (Phi) is 3.13. The molecule has 2 aromatic rings. The maximum Gasteiger partial charge on any atom is 0.148 e. The van der Waals surface area contributed by atoms with Gasteiger partial charge in [-0.3, -0.25) is 5.10 Å². The molecule has 0 bridgehead atoms. The van der Waals surface area contributed by atoms with Crippen LogP contribution >= 0.6 is 0 Å². The summed E-state index contributed by atoms with van der Waals surface area (Å²) >= 11 is 0. The second-order valence-corrected chi connectivity index (χ2v) is 3.51. The molecule has 0 amide bonds. The fraction of sp³-hybridized carbons (Fsp3) is 0.182. The molecule has 1 aromatic heterocycles. The van der Waals surface area contributed by atoms with E-state index in [4.69, 9.17) is 10.5 Å². The smallest absolute Gasteiger partial charge is 0.148 e. The summed E-state index contributed by atoms with van der Waals surface area (Å²) in [5, 5.41) is 9.51. The van der Waals surface area contributed by atoms with Crippen molar-refractivity contribution in [3.8, 4) is 5.75 Å². The van der Waals surface area contributed by atoms with Crippen LogP contribution in [0.3, 0.4) is 0 Å². The topological polar surface area (TPSA) is 76.0 Å². The van der Waals surface area contributed by atoms with Crippen LogP contribution in [-0.2, 0) is 6.54 Å². The van der Waals surface area contributed by atoms with Gasteiger partial charge in [0.2, 0.25) is 0 Å². The minimum Gasteiger partial charge on any atom is -0.495 e. The molecule has 0 fully saturated rings. The Labute approximate surface area is 97.8 Å². The molecule has 90 valence electrons. The Morgan fingerprint density at radius 1 is 1.53 bits per heavy atom. The summed E-state index contributed by atoms with van der Waals surface area (Å²) in [5.41, 5.74) is 7.06. The highest BCUT2D eigenvalue weighted by molar-refractivity contribution is 5.62. The first-order valence-corrected chi connectivity index (χ1v) is 5.06. The summed E-state index contributed by atoms with van der Waals surface area (Å²) in [7, 11) is 1.49. The minimum atomic E-state index is -0.414. The first-order chi connectivity index (χ1) is 8.20. The Hall–Kier alpha value is -2.24. The van der Waals surface area contributed by atoms with Gasteiger partial charge >= 0.3 is 0 Å². The van der Waals surface area contributed by atoms with Gasteiger partial charge in [0.15, 0.2) is 0 Å². The van der Waals surface area contributed by atoms with Crippen molar-refractivity contribution in [1.29, 1.82) is 0 Å². The third-order valence-electron chi connectivity index (χ3n) is 2.35. The number of ether oxygens (including phenoxy) is 1. The Balaban J connectivity index is 2.15. The fourth-order valence-corrected chi connectivity index (χ4v) is 1.45. The largest absolute Gasteiger partial charge is 0.495 e. The molecule has 1 heterocycles. The second kappa shape index (κ2) is 4.73. The van der Waals surface area contributed by atoms with Crippen LogP contribution in [0.2, 0.25) is 0 Å². The number of aromatic nitrogens is 2. The van der Waals surface area contributed by atoms with Crippen LogP contribution < -0.4 is 15.8 Å². The number of halogens is 1. The maximum atomic E-state index is 13.6. The molecule has 6 heteroatoms. The average molecular weight is 236 g/mol. The third-order valence-corrected chi connectivity index (χ3v) is 2.35. The van der Waals surface area contributed by atoms with Crippen molar-refractivity contribution < 1.29 is 9.13 Å². The number of nitrogens with one attached hydrogen (secondary N) is 2. The van der Waals surface area contributed by atoms with Crippen LogP contribution in [0, 0.1) is 5.82 Å². The number of nitrogens with two attached hydrogens (primary N) is 1. The zero-order valence-electron chi connectivity index (χ0n) is 9.33. The van der Waals surface area contributed by atoms with Gasteiger partial charge in [-0.2, -0.15) is 5.10 Å². The van der Waals surface area contributed by atoms with Crippen LogP contribution in [0.1, 0.15) is 5.69 Å². The lowest BCUT2D eigenvalue weighted by molar-refractivity contribution is 0.416. The average Bonchev–Trinajstić information content (AvgIpc) is 2.81. The number of benzene rings is 1. The van der Waals surface area contributed by atoms with Crippen molar-refractivity contribution in [1.82, 2.24) is 10.2 Å². The number of rotatable bonds is 4. The monoisotopic (exact) mass is 236 g/mol. The van der Waals surface area contributed by atoms with Gasteiger partial charge in [0.05, 0.1) is 30.7 Å². The second-order valence-electron chi connectivity index (χ2n) is 3.51. The summed E-state index contributed by atoms with van der Waals surface area (Å²) in [6.45, 7) is 0.448. The fourth-order valence-electron chi connectivity index (χ4n) is 1.45. The number of nitrogens with zero attached hydrogens (tertiary/aromatic N) is 1. The Bertz CT molecular complexity index is 498. The first kappa shape index (κ1) is 11.3. The number of aromatic amines is 1. The normalized spacial score (nSPS) is 10.2. The lowest BCUT2D eigenvalue weighted by Crippen LogP contribution is -2.03. The summed E-state index contributed by atoms with van der Waals surface area (Å²) in [6.07, 6.45) is 1.64. The number of methoxy groups -OCH3 is 1. The highest BCUT2D eigenvalue weighted by Gasteiger charge is 2.08. The molecular formula is C11H13FN4O. The van der Waals surface area contributed by atoms with Crippen molar-refractivity contribution in [2.75, 3.05) is 18.2 Å². The number of hydrogen-bond donors (Lipinski definition) is 3. The van der Waals surface area contributed by atoms with Gasteiger partial charge in [-0.25, -0.2) is 4.39 Å². The van der Waals surface area contributed by atoms with Crippen LogP contribution in [0.15, 0.2) is 24.4 Å². The SMILES string of the molecule is COc1cc(NCc2ccn[nH]2)c(F)cc1N. The maximum absolute atomic E-state index is 13.6. The summed E-state index contributed by atoms with van der Waals surface area (Å²) < 4.78 is 18.6. The summed E-state index contributed by atoms with van der Waals surface area (Å²) in [4.78, 5) is 0. The highest BCUT2D eigenvalue weighted by Crippen LogP contribution is 2.28.